The van der Waals surface area contributed by atoms with Gasteiger partial charge in [0.1, 0.15) is 18.1 Å². The van der Waals surface area contributed by atoms with Crippen molar-refractivity contribution in [3.05, 3.63) is 21.8 Å². The monoisotopic (exact) mass is 286 g/mol. The van der Waals surface area contributed by atoms with Crippen molar-refractivity contribution < 1.29 is 4.79 Å². The Balaban J connectivity index is 2.89. The van der Waals surface area contributed by atoms with E-state index in [0.29, 0.717) is 0 Å². The lowest BCUT2D eigenvalue weighted by atomic mass is 10.2. The second-order valence-electron chi connectivity index (χ2n) is 4.54. The Labute approximate surface area is 117 Å². The molecule has 19 heavy (non-hydrogen) atoms. The molecule has 1 amide bonds. The summed E-state index contributed by atoms with van der Waals surface area (Å²) < 4.78 is 1.18. The van der Waals surface area contributed by atoms with Gasteiger partial charge in [0.15, 0.2) is 5.15 Å². The van der Waals surface area contributed by atoms with E-state index in [0.717, 1.165) is 12.8 Å². The molecule has 106 valence electrons. The Morgan fingerprint density at radius 3 is 2.79 bits per heavy atom. The van der Waals surface area contributed by atoms with Gasteiger partial charge in [0, 0.05) is 6.04 Å². The number of nitrogen functional groups attached to an aromatic ring is 1. The van der Waals surface area contributed by atoms with E-state index in [1.54, 1.807) is 6.92 Å². The summed E-state index contributed by atoms with van der Waals surface area (Å²) in [5.74, 6) is -0.244. The van der Waals surface area contributed by atoms with Crippen molar-refractivity contribution in [1.29, 1.82) is 0 Å². The van der Waals surface area contributed by atoms with Gasteiger partial charge >= 0.3 is 0 Å². The second kappa shape index (κ2) is 6.56. The van der Waals surface area contributed by atoms with Crippen LogP contribution in [0.1, 0.15) is 39.7 Å². The molecule has 1 heterocycles. The van der Waals surface area contributed by atoms with Gasteiger partial charge in [-0.05, 0) is 20.3 Å². The number of anilines is 1. The molecule has 0 bridgehead atoms. The lowest BCUT2D eigenvalue weighted by Gasteiger charge is -2.18. The number of hydrogen-bond donors (Lipinski definition) is 2. The van der Waals surface area contributed by atoms with Crippen molar-refractivity contribution in [3.8, 4) is 0 Å². The molecule has 6 nitrogen and oxygen atoms in total. The van der Waals surface area contributed by atoms with E-state index in [-0.39, 0.29) is 22.8 Å². The molecule has 0 saturated carbocycles. The van der Waals surface area contributed by atoms with Crippen LogP contribution in [0.3, 0.4) is 0 Å². The van der Waals surface area contributed by atoms with Gasteiger partial charge < -0.3 is 11.1 Å². The van der Waals surface area contributed by atoms with E-state index in [9.17, 15) is 9.59 Å². The number of carbonyl (C=O) groups excluding carboxylic acids is 1. The predicted octanol–water partition coefficient (Wildman–Crippen LogP) is 1.34. The first kappa shape index (κ1) is 15.5. The smallest absolute Gasteiger partial charge is 0.278 e. The Morgan fingerprint density at radius 1 is 1.58 bits per heavy atom. The summed E-state index contributed by atoms with van der Waals surface area (Å²) >= 11 is 5.65. The van der Waals surface area contributed by atoms with Crippen molar-refractivity contribution in [1.82, 2.24) is 14.9 Å². The maximum atomic E-state index is 12.0. The number of amides is 1. The van der Waals surface area contributed by atoms with Gasteiger partial charge in [0.05, 0.1) is 0 Å². The van der Waals surface area contributed by atoms with Crippen LogP contribution in [0.4, 0.5) is 5.69 Å². The highest BCUT2D eigenvalue weighted by molar-refractivity contribution is 6.31. The number of halogens is 1. The zero-order valence-electron chi connectivity index (χ0n) is 11.3. The number of rotatable bonds is 5. The lowest BCUT2D eigenvalue weighted by molar-refractivity contribution is -0.124. The predicted molar refractivity (Wildman–Crippen MR) is 75.1 cm³/mol. The van der Waals surface area contributed by atoms with Crippen LogP contribution in [-0.2, 0) is 4.79 Å². The molecule has 0 spiro atoms. The molecule has 0 radical (unpaired) electrons. The number of hydrogen-bond acceptors (Lipinski definition) is 4. The number of aromatic nitrogens is 2. The van der Waals surface area contributed by atoms with Gasteiger partial charge in [-0.1, -0.05) is 24.9 Å². The molecule has 1 rings (SSSR count). The third-order valence-electron chi connectivity index (χ3n) is 2.89. The van der Waals surface area contributed by atoms with Crippen LogP contribution in [-0.4, -0.2) is 21.5 Å². The van der Waals surface area contributed by atoms with E-state index >= 15 is 0 Å². The Bertz CT molecular complexity index is 515. The van der Waals surface area contributed by atoms with Crippen LogP contribution in [0, 0.1) is 0 Å². The number of nitrogens with two attached hydrogens (primary N) is 1. The minimum atomic E-state index is -0.682. The van der Waals surface area contributed by atoms with Crippen LogP contribution in [0.5, 0.6) is 0 Å². The third kappa shape index (κ3) is 3.70. The van der Waals surface area contributed by atoms with Crippen molar-refractivity contribution in [2.24, 2.45) is 0 Å². The van der Waals surface area contributed by atoms with E-state index < -0.39 is 11.6 Å². The highest BCUT2D eigenvalue weighted by atomic mass is 35.5. The van der Waals surface area contributed by atoms with Gasteiger partial charge in [0.25, 0.3) is 5.56 Å². The fraction of sp³-hybridized carbons (Fsp3) is 0.583. The van der Waals surface area contributed by atoms with Crippen LogP contribution in [0.15, 0.2) is 11.1 Å². The molecule has 3 N–H and O–H groups in total. The molecular weight excluding hydrogens is 268 g/mol. The van der Waals surface area contributed by atoms with E-state index in [2.05, 4.69) is 10.3 Å². The van der Waals surface area contributed by atoms with Gasteiger partial charge in [-0.25, -0.2) is 4.98 Å². The fourth-order valence-corrected chi connectivity index (χ4v) is 1.86. The summed E-state index contributed by atoms with van der Waals surface area (Å²) in [6.45, 7) is 5.58. The molecule has 7 heteroatoms. The zero-order valence-corrected chi connectivity index (χ0v) is 12.1. The van der Waals surface area contributed by atoms with Crippen molar-refractivity contribution in [2.75, 3.05) is 5.73 Å². The topological polar surface area (TPSA) is 90.0 Å². The largest absolute Gasteiger partial charge is 0.392 e. The maximum absolute atomic E-state index is 12.0. The Hall–Kier alpha value is -1.56. The maximum Gasteiger partial charge on any atom is 0.278 e. The quantitative estimate of drug-likeness (QED) is 0.799. The van der Waals surface area contributed by atoms with Crippen LogP contribution in [0.25, 0.3) is 0 Å². The van der Waals surface area contributed by atoms with Crippen LogP contribution >= 0.6 is 11.6 Å². The van der Waals surface area contributed by atoms with E-state index in [4.69, 9.17) is 17.3 Å². The zero-order chi connectivity index (χ0) is 14.6. The lowest BCUT2D eigenvalue weighted by Crippen LogP contribution is -2.40. The molecule has 0 fully saturated rings. The van der Waals surface area contributed by atoms with Gasteiger partial charge in [-0.2, -0.15) is 0 Å². The summed E-state index contributed by atoms with van der Waals surface area (Å²) in [5.41, 5.74) is 4.85. The molecule has 0 aromatic carbocycles. The highest BCUT2D eigenvalue weighted by Crippen LogP contribution is 2.11. The number of nitrogens with zero attached hydrogens (tertiary/aromatic N) is 2. The normalized spacial score (nSPS) is 13.9. The van der Waals surface area contributed by atoms with Crippen LogP contribution in [0.2, 0.25) is 5.15 Å². The molecular formula is C12H19ClN4O2. The van der Waals surface area contributed by atoms with Gasteiger partial charge in [0.2, 0.25) is 5.91 Å². The minimum Gasteiger partial charge on any atom is -0.392 e. The third-order valence-corrected chi connectivity index (χ3v) is 3.19. The summed E-state index contributed by atoms with van der Waals surface area (Å²) in [7, 11) is 0. The Morgan fingerprint density at radius 2 is 2.21 bits per heavy atom. The minimum absolute atomic E-state index is 0.0480. The van der Waals surface area contributed by atoms with Gasteiger partial charge in [-0.3, -0.25) is 14.2 Å². The molecule has 2 atom stereocenters. The molecule has 0 aliphatic heterocycles. The standard InChI is InChI=1S/C12H19ClN4O2/c1-4-5-7(2)16-11(18)8(3)17-6-15-10(13)9(14)12(17)19/h6-8H,4-5,14H2,1-3H3,(H,16,18). The summed E-state index contributed by atoms with van der Waals surface area (Å²) in [6, 6.07) is -0.618. The average Bonchev–Trinajstić information content (AvgIpc) is 2.35. The first-order valence-corrected chi connectivity index (χ1v) is 6.58. The molecule has 0 aliphatic rings. The first-order chi connectivity index (χ1) is 8.88. The van der Waals surface area contributed by atoms with Crippen molar-refractivity contribution in [3.63, 3.8) is 0 Å². The van der Waals surface area contributed by atoms with E-state index in [1.807, 2.05) is 13.8 Å². The summed E-state index contributed by atoms with van der Waals surface area (Å²) in [5, 5.41) is 2.79. The molecule has 1 aromatic rings. The molecule has 0 aliphatic carbocycles. The van der Waals surface area contributed by atoms with Crippen LogP contribution < -0.4 is 16.6 Å². The van der Waals surface area contributed by atoms with Crippen molar-refractivity contribution >= 4 is 23.2 Å². The number of nitrogens with one attached hydrogen (secondary N) is 1. The summed E-state index contributed by atoms with van der Waals surface area (Å²) in [4.78, 5) is 27.7. The second-order valence-corrected chi connectivity index (χ2v) is 4.89. The average molecular weight is 287 g/mol. The molecule has 1 aromatic heterocycles. The SMILES string of the molecule is CCCC(C)NC(=O)C(C)n1cnc(Cl)c(N)c1=O. The number of carbonyl (C=O) groups is 1. The molecule has 0 saturated heterocycles. The highest BCUT2D eigenvalue weighted by Gasteiger charge is 2.19. The first-order valence-electron chi connectivity index (χ1n) is 6.21. The molecule has 2 unspecified atom stereocenters. The van der Waals surface area contributed by atoms with Gasteiger partial charge in [-0.15, -0.1) is 0 Å². The fourth-order valence-electron chi connectivity index (χ4n) is 1.73. The van der Waals surface area contributed by atoms with E-state index in [1.165, 1.54) is 10.9 Å². The Kier molecular flexibility index (Phi) is 5.35. The van der Waals surface area contributed by atoms with Crippen molar-refractivity contribution in [2.45, 2.75) is 45.7 Å². The summed E-state index contributed by atoms with van der Waals surface area (Å²) in [6.07, 6.45) is 3.09.